The predicted molar refractivity (Wildman–Crippen MR) is 71.5 cm³/mol. The third-order valence-corrected chi connectivity index (χ3v) is 3.16. The van der Waals surface area contributed by atoms with Crippen LogP contribution in [0, 0.1) is 19.3 Å². The Morgan fingerprint density at radius 1 is 1.12 bits per heavy atom. The van der Waals surface area contributed by atoms with E-state index >= 15 is 0 Å². The van der Waals surface area contributed by atoms with Gasteiger partial charge < -0.3 is 5.73 Å². The number of hydrogen-bond donors (Lipinski definition) is 1. The van der Waals surface area contributed by atoms with E-state index in [2.05, 4.69) is 52.8 Å². The standard InChI is InChI=1S/C15H25N/c1-11-6-7-13(10-12(11)2)14(16)8-9-15(3,4)5/h6-7,10,14H,8-9,16H2,1-5H3. The summed E-state index contributed by atoms with van der Waals surface area (Å²) in [6.07, 6.45) is 2.23. The molecule has 0 fully saturated rings. The Morgan fingerprint density at radius 3 is 2.25 bits per heavy atom. The van der Waals surface area contributed by atoms with E-state index in [1.807, 2.05) is 0 Å². The van der Waals surface area contributed by atoms with Crippen LogP contribution in [-0.4, -0.2) is 0 Å². The molecule has 0 saturated heterocycles. The second kappa shape index (κ2) is 5.01. The maximum Gasteiger partial charge on any atom is 0.0295 e. The molecule has 90 valence electrons. The highest BCUT2D eigenvalue weighted by Crippen LogP contribution is 2.26. The van der Waals surface area contributed by atoms with E-state index < -0.39 is 0 Å². The molecule has 16 heavy (non-hydrogen) atoms. The monoisotopic (exact) mass is 219 g/mol. The van der Waals surface area contributed by atoms with Gasteiger partial charge in [0.1, 0.15) is 0 Å². The molecule has 0 aliphatic carbocycles. The van der Waals surface area contributed by atoms with E-state index in [0.29, 0.717) is 5.41 Å². The molecule has 1 unspecified atom stereocenters. The van der Waals surface area contributed by atoms with Gasteiger partial charge in [-0.05, 0) is 48.8 Å². The van der Waals surface area contributed by atoms with Gasteiger partial charge in [-0.3, -0.25) is 0 Å². The third kappa shape index (κ3) is 3.97. The molecule has 1 atom stereocenters. The number of nitrogens with two attached hydrogens (primary N) is 1. The second-order valence-corrected chi connectivity index (χ2v) is 6.05. The van der Waals surface area contributed by atoms with Crippen LogP contribution >= 0.6 is 0 Å². The Hall–Kier alpha value is -0.820. The van der Waals surface area contributed by atoms with Gasteiger partial charge in [-0.15, -0.1) is 0 Å². The van der Waals surface area contributed by atoms with E-state index in [-0.39, 0.29) is 6.04 Å². The highest BCUT2D eigenvalue weighted by molar-refractivity contribution is 5.31. The molecule has 0 radical (unpaired) electrons. The van der Waals surface area contributed by atoms with E-state index in [1.165, 1.54) is 23.1 Å². The molecule has 0 heterocycles. The first-order valence-electron chi connectivity index (χ1n) is 6.12. The van der Waals surface area contributed by atoms with Crippen LogP contribution in [0.3, 0.4) is 0 Å². The van der Waals surface area contributed by atoms with E-state index in [9.17, 15) is 0 Å². The molecule has 1 aromatic rings. The fourth-order valence-corrected chi connectivity index (χ4v) is 1.75. The van der Waals surface area contributed by atoms with Crippen molar-refractivity contribution in [3.8, 4) is 0 Å². The lowest BCUT2D eigenvalue weighted by molar-refractivity contribution is 0.350. The van der Waals surface area contributed by atoms with Crippen molar-refractivity contribution >= 4 is 0 Å². The van der Waals surface area contributed by atoms with E-state index in [0.717, 1.165) is 6.42 Å². The minimum atomic E-state index is 0.179. The molecule has 0 aliphatic rings. The Bertz CT molecular complexity index is 347. The average molecular weight is 219 g/mol. The molecule has 0 bridgehead atoms. The highest BCUT2D eigenvalue weighted by atomic mass is 14.6. The van der Waals surface area contributed by atoms with Crippen molar-refractivity contribution in [2.45, 2.75) is 53.5 Å². The van der Waals surface area contributed by atoms with Crippen molar-refractivity contribution < 1.29 is 0 Å². The first-order valence-corrected chi connectivity index (χ1v) is 6.12. The van der Waals surface area contributed by atoms with Crippen LogP contribution in [0.4, 0.5) is 0 Å². The van der Waals surface area contributed by atoms with Gasteiger partial charge in [0.15, 0.2) is 0 Å². The Morgan fingerprint density at radius 2 is 1.75 bits per heavy atom. The lowest BCUT2D eigenvalue weighted by Gasteiger charge is -2.21. The SMILES string of the molecule is Cc1ccc(C(N)CCC(C)(C)C)cc1C. The summed E-state index contributed by atoms with van der Waals surface area (Å²) < 4.78 is 0. The van der Waals surface area contributed by atoms with Crippen molar-refractivity contribution in [2.24, 2.45) is 11.1 Å². The zero-order valence-corrected chi connectivity index (χ0v) is 11.3. The quantitative estimate of drug-likeness (QED) is 0.812. The van der Waals surface area contributed by atoms with Crippen LogP contribution < -0.4 is 5.73 Å². The molecule has 1 heteroatoms. The Balaban J connectivity index is 2.66. The van der Waals surface area contributed by atoms with E-state index in [4.69, 9.17) is 5.73 Å². The molecule has 0 aromatic heterocycles. The molecule has 1 nitrogen and oxygen atoms in total. The lowest BCUT2D eigenvalue weighted by atomic mass is 9.87. The summed E-state index contributed by atoms with van der Waals surface area (Å²) in [5, 5.41) is 0. The van der Waals surface area contributed by atoms with Gasteiger partial charge in [0, 0.05) is 6.04 Å². The van der Waals surface area contributed by atoms with Crippen molar-refractivity contribution in [2.75, 3.05) is 0 Å². The number of benzene rings is 1. The molecule has 2 N–H and O–H groups in total. The van der Waals surface area contributed by atoms with Gasteiger partial charge in [0.25, 0.3) is 0 Å². The maximum absolute atomic E-state index is 6.22. The summed E-state index contributed by atoms with van der Waals surface area (Å²) >= 11 is 0. The Labute approximate surface area is 100 Å². The number of aryl methyl sites for hydroxylation is 2. The predicted octanol–water partition coefficient (Wildman–Crippen LogP) is 4.13. The van der Waals surface area contributed by atoms with Gasteiger partial charge in [0.2, 0.25) is 0 Å². The van der Waals surface area contributed by atoms with Gasteiger partial charge in [-0.2, -0.15) is 0 Å². The molecule has 0 amide bonds. The van der Waals surface area contributed by atoms with E-state index in [1.54, 1.807) is 0 Å². The van der Waals surface area contributed by atoms with Crippen LogP contribution in [0.1, 0.15) is 56.3 Å². The van der Waals surface area contributed by atoms with Crippen molar-refractivity contribution in [1.29, 1.82) is 0 Å². The molecule has 1 rings (SSSR count). The zero-order valence-electron chi connectivity index (χ0n) is 11.3. The largest absolute Gasteiger partial charge is 0.324 e. The van der Waals surface area contributed by atoms with Crippen molar-refractivity contribution in [3.05, 3.63) is 34.9 Å². The van der Waals surface area contributed by atoms with Crippen LogP contribution in [-0.2, 0) is 0 Å². The minimum absolute atomic E-state index is 0.179. The first kappa shape index (κ1) is 13.2. The highest BCUT2D eigenvalue weighted by Gasteiger charge is 2.14. The summed E-state index contributed by atoms with van der Waals surface area (Å²) in [5.41, 5.74) is 10.5. The first-order chi connectivity index (χ1) is 7.29. The average Bonchev–Trinajstić information content (AvgIpc) is 2.17. The fourth-order valence-electron chi connectivity index (χ4n) is 1.75. The van der Waals surface area contributed by atoms with Crippen molar-refractivity contribution in [3.63, 3.8) is 0 Å². The van der Waals surface area contributed by atoms with Gasteiger partial charge >= 0.3 is 0 Å². The number of rotatable bonds is 3. The van der Waals surface area contributed by atoms with Gasteiger partial charge in [-0.25, -0.2) is 0 Å². The smallest absolute Gasteiger partial charge is 0.0295 e. The number of hydrogen-bond acceptors (Lipinski definition) is 1. The summed E-state index contributed by atoms with van der Waals surface area (Å²) in [7, 11) is 0. The Kier molecular flexibility index (Phi) is 4.15. The van der Waals surface area contributed by atoms with Crippen LogP contribution in [0.15, 0.2) is 18.2 Å². The molecule has 0 aliphatic heterocycles. The molecule has 0 saturated carbocycles. The third-order valence-electron chi connectivity index (χ3n) is 3.16. The summed E-state index contributed by atoms with van der Waals surface area (Å²) in [5.74, 6) is 0. The van der Waals surface area contributed by atoms with Gasteiger partial charge in [-0.1, -0.05) is 39.0 Å². The van der Waals surface area contributed by atoms with Crippen LogP contribution in [0.5, 0.6) is 0 Å². The van der Waals surface area contributed by atoms with Crippen molar-refractivity contribution in [1.82, 2.24) is 0 Å². The summed E-state index contributed by atoms with van der Waals surface area (Å²) in [6.45, 7) is 11.1. The molecule has 1 aromatic carbocycles. The minimum Gasteiger partial charge on any atom is -0.324 e. The fraction of sp³-hybridized carbons (Fsp3) is 0.600. The maximum atomic E-state index is 6.22. The van der Waals surface area contributed by atoms with Crippen LogP contribution in [0.25, 0.3) is 0 Å². The summed E-state index contributed by atoms with van der Waals surface area (Å²) in [6, 6.07) is 6.73. The second-order valence-electron chi connectivity index (χ2n) is 6.05. The molecular weight excluding hydrogens is 194 g/mol. The summed E-state index contributed by atoms with van der Waals surface area (Å²) in [4.78, 5) is 0. The van der Waals surface area contributed by atoms with Crippen LogP contribution in [0.2, 0.25) is 0 Å². The molecular formula is C15H25N. The zero-order chi connectivity index (χ0) is 12.3. The lowest BCUT2D eigenvalue weighted by Crippen LogP contribution is -2.14. The van der Waals surface area contributed by atoms with Gasteiger partial charge in [0.05, 0.1) is 0 Å². The topological polar surface area (TPSA) is 26.0 Å². The normalized spacial score (nSPS) is 13.9. The molecule has 0 spiro atoms.